The van der Waals surface area contributed by atoms with Gasteiger partial charge in [-0.15, -0.1) is 0 Å². The summed E-state index contributed by atoms with van der Waals surface area (Å²) in [6, 6.07) is 5.53. The molecule has 0 aromatic heterocycles. The van der Waals surface area contributed by atoms with Crippen LogP contribution in [0.4, 0.5) is 0 Å². The Morgan fingerprint density at radius 1 is 1.50 bits per heavy atom. The van der Waals surface area contributed by atoms with Crippen molar-refractivity contribution in [1.29, 1.82) is 0 Å². The van der Waals surface area contributed by atoms with E-state index in [9.17, 15) is 4.79 Å². The summed E-state index contributed by atoms with van der Waals surface area (Å²) in [4.78, 5) is 11.4. The average Bonchev–Trinajstić information content (AvgIpc) is 2.75. The molecular formula is C13H15NO4. The summed E-state index contributed by atoms with van der Waals surface area (Å²) in [6.07, 6.45) is 0.809. The molecule has 0 heterocycles. The minimum absolute atomic E-state index is 0.0200. The van der Waals surface area contributed by atoms with Crippen molar-refractivity contribution in [3.05, 3.63) is 29.3 Å². The van der Waals surface area contributed by atoms with Crippen molar-refractivity contribution in [2.24, 2.45) is 5.16 Å². The quantitative estimate of drug-likeness (QED) is 0.505. The summed E-state index contributed by atoms with van der Waals surface area (Å²) in [5.74, 6) is 0.434. The van der Waals surface area contributed by atoms with Crippen LogP contribution in [0.15, 0.2) is 23.4 Å². The number of carbonyl (C=O) groups excluding carboxylic acids is 1. The number of hydrogen-bond acceptors (Lipinski definition) is 5. The lowest BCUT2D eigenvalue weighted by Crippen LogP contribution is -2.06. The van der Waals surface area contributed by atoms with Gasteiger partial charge in [-0.3, -0.25) is 4.79 Å². The van der Waals surface area contributed by atoms with Gasteiger partial charge in [-0.1, -0.05) is 5.16 Å². The Labute approximate surface area is 105 Å². The van der Waals surface area contributed by atoms with E-state index in [2.05, 4.69) is 9.89 Å². The molecule has 0 spiro atoms. The molecule has 0 aliphatic heterocycles. The van der Waals surface area contributed by atoms with Crippen LogP contribution >= 0.6 is 0 Å². The number of carbonyl (C=O) groups is 1. The topological polar surface area (TPSA) is 68.1 Å². The first-order valence-electron chi connectivity index (χ1n) is 5.65. The molecule has 0 bridgehead atoms. The zero-order valence-electron chi connectivity index (χ0n) is 10.3. The zero-order valence-corrected chi connectivity index (χ0v) is 10.3. The van der Waals surface area contributed by atoms with Crippen LogP contribution in [0.3, 0.4) is 0 Å². The van der Waals surface area contributed by atoms with Crippen LogP contribution in [0.25, 0.3) is 0 Å². The zero-order chi connectivity index (χ0) is 13.1. The van der Waals surface area contributed by atoms with Gasteiger partial charge < -0.3 is 14.7 Å². The molecule has 5 heteroatoms. The Balaban J connectivity index is 2.36. The summed E-state index contributed by atoms with van der Waals surface area (Å²) in [5.41, 5.74) is 2.43. The third-order valence-corrected chi connectivity index (χ3v) is 3.21. The van der Waals surface area contributed by atoms with Gasteiger partial charge in [-0.25, -0.2) is 0 Å². The van der Waals surface area contributed by atoms with Gasteiger partial charge in [0.25, 0.3) is 0 Å². The predicted octanol–water partition coefficient (Wildman–Crippen LogP) is 1.92. The van der Waals surface area contributed by atoms with Crippen molar-refractivity contribution < 1.29 is 19.5 Å². The predicted molar refractivity (Wildman–Crippen MR) is 65.3 cm³/mol. The number of methoxy groups -OCH3 is 2. The molecule has 2 rings (SSSR count). The van der Waals surface area contributed by atoms with Gasteiger partial charge in [0.05, 0.1) is 26.4 Å². The Hall–Kier alpha value is -2.04. The van der Waals surface area contributed by atoms with Crippen molar-refractivity contribution >= 4 is 11.7 Å². The lowest BCUT2D eigenvalue weighted by molar-refractivity contribution is -0.141. The molecule has 1 aliphatic rings. The Bertz CT molecular complexity index is 496. The summed E-state index contributed by atoms with van der Waals surface area (Å²) in [6.45, 7) is 0. The van der Waals surface area contributed by atoms with Gasteiger partial charge in [-0.05, 0) is 23.8 Å². The molecule has 5 nitrogen and oxygen atoms in total. The normalized spacial score (nSPS) is 19.7. The van der Waals surface area contributed by atoms with Crippen LogP contribution in [0, 0.1) is 0 Å². The summed E-state index contributed by atoms with van der Waals surface area (Å²) < 4.78 is 9.85. The van der Waals surface area contributed by atoms with E-state index in [4.69, 9.17) is 9.94 Å². The van der Waals surface area contributed by atoms with Gasteiger partial charge in [0.1, 0.15) is 5.75 Å². The number of hydrogen-bond donors (Lipinski definition) is 1. The van der Waals surface area contributed by atoms with Crippen molar-refractivity contribution in [3.63, 3.8) is 0 Å². The lowest BCUT2D eigenvalue weighted by atomic mass is 9.98. The first kappa shape index (κ1) is 12.4. The molecule has 18 heavy (non-hydrogen) atoms. The minimum Gasteiger partial charge on any atom is -0.497 e. The van der Waals surface area contributed by atoms with Crippen molar-refractivity contribution in [3.8, 4) is 5.75 Å². The summed E-state index contributed by atoms with van der Waals surface area (Å²) in [7, 11) is 2.96. The summed E-state index contributed by atoms with van der Waals surface area (Å²) >= 11 is 0. The number of nitrogens with zero attached hydrogens (tertiary/aromatic N) is 1. The van der Waals surface area contributed by atoms with E-state index in [-0.39, 0.29) is 18.3 Å². The fourth-order valence-electron chi connectivity index (χ4n) is 2.28. The fourth-order valence-corrected chi connectivity index (χ4v) is 2.28. The maximum absolute atomic E-state index is 11.4. The Kier molecular flexibility index (Phi) is 3.50. The van der Waals surface area contributed by atoms with E-state index in [1.54, 1.807) is 7.11 Å². The van der Waals surface area contributed by atoms with Crippen molar-refractivity contribution in [2.75, 3.05) is 14.2 Å². The number of ether oxygens (including phenoxy) is 2. The van der Waals surface area contributed by atoms with Crippen molar-refractivity contribution in [1.82, 2.24) is 0 Å². The summed E-state index contributed by atoms with van der Waals surface area (Å²) in [5, 5.41) is 12.3. The standard InChI is InChI=1S/C13H15NO4/c1-17-9-3-4-10-11(7-9)8(5-12(10)14-16)6-13(15)18-2/h3-4,7-8,16H,5-6H2,1-2H3/b14-12+. The van der Waals surface area contributed by atoms with E-state index in [0.717, 1.165) is 16.9 Å². The lowest BCUT2D eigenvalue weighted by Gasteiger charge is -2.10. The molecule has 0 fully saturated rings. The molecule has 1 N–H and O–H groups in total. The van der Waals surface area contributed by atoms with E-state index >= 15 is 0 Å². The number of benzene rings is 1. The van der Waals surface area contributed by atoms with Crippen LogP contribution in [0.1, 0.15) is 29.9 Å². The van der Waals surface area contributed by atoms with E-state index in [1.807, 2.05) is 18.2 Å². The highest BCUT2D eigenvalue weighted by molar-refractivity contribution is 6.05. The van der Waals surface area contributed by atoms with E-state index < -0.39 is 0 Å². The Morgan fingerprint density at radius 2 is 2.28 bits per heavy atom. The van der Waals surface area contributed by atoms with Gasteiger partial charge in [-0.2, -0.15) is 0 Å². The number of fused-ring (bicyclic) bond motifs is 1. The molecule has 0 amide bonds. The number of esters is 1. The molecule has 1 unspecified atom stereocenters. The molecule has 1 aromatic rings. The monoisotopic (exact) mass is 249 g/mol. The van der Waals surface area contributed by atoms with Crippen LogP contribution < -0.4 is 4.74 Å². The van der Waals surface area contributed by atoms with Crippen LogP contribution in [-0.4, -0.2) is 31.1 Å². The highest BCUT2D eigenvalue weighted by atomic mass is 16.5. The van der Waals surface area contributed by atoms with Crippen LogP contribution in [-0.2, 0) is 9.53 Å². The second kappa shape index (κ2) is 5.08. The first-order valence-corrected chi connectivity index (χ1v) is 5.65. The molecule has 1 aromatic carbocycles. The minimum atomic E-state index is -0.270. The molecule has 1 atom stereocenters. The average molecular weight is 249 g/mol. The smallest absolute Gasteiger partial charge is 0.306 e. The van der Waals surface area contributed by atoms with Crippen molar-refractivity contribution in [2.45, 2.75) is 18.8 Å². The molecule has 0 saturated carbocycles. The SMILES string of the molecule is COC(=O)CC1C/C(=N\O)c2ccc(OC)cc21. The van der Waals surface area contributed by atoms with Gasteiger partial charge in [0, 0.05) is 17.9 Å². The first-order chi connectivity index (χ1) is 8.69. The molecule has 96 valence electrons. The van der Waals surface area contributed by atoms with E-state index in [1.165, 1.54) is 7.11 Å². The highest BCUT2D eigenvalue weighted by Gasteiger charge is 2.30. The molecule has 0 saturated heterocycles. The maximum atomic E-state index is 11.4. The fraction of sp³-hybridized carbons (Fsp3) is 0.385. The van der Waals surface area contributed by atoms with Gasteiger partial charge in [0.15, 0.2) is 0 Å². The van der Waals surface area contributed by atoms with Crippen LogP contribution in [0.5, 0.6) is 5.75 Å². The number of oxime groups is 1. The van der Waals surface area contributed by atoms with Gasteiger partial charge >= 0.3 is 5.97 Å². The second-order valence-corrected chi connectivity index (χ2v) is 4.18. The largest absolute Gasteiger partial charge is 0.497 e. The maximum Gasteiger partial charge on any atom is 0.306 e. The third-order valence-electron chi connectivity index (χ3n) is 3.21. The molecule has 1 aliphatic carbocycles. The third kappa shape index (κ3) is 2.16. The molecular weight excluding hydrogens is 234 g/mol. The number of rotatable bonds is 3. The molecule has 0 radical (unpaired) electrons. The van der Waals surface area contributed by atoms with Gasteiger partial charge in [0.2, 0.25) is 0 Å². The van der Waals surface area contributed by atoms with E-state index in [0.29, 0.717) is 12.1 Å². The Morgan fingerprint density at radius 3 is 2.89 bits per heavy atom. The second-order valence-electron chi connectivity index (χ2n) is 4.18. The van der Waals surface area contributed by atoms with Crippen LogP contribution in [0.2, 0.25) is 0 Å². The highest BCUT2D eigenvalue weighted by Crippen LogP contribution is 2.38.